The van der Waals surface area contributed by atoms with Crippen molar-refractivity contribution in [3.63, 3.8) is 0 Å². The lowest BCUT2D eigenvalue weighted by Crippen LogP contribution is -1.84. The zero-order valence-electron chi connectivity index (χ0n) is 8.05. The quantitative estimate of drug-likeness (QED) is 0.793. The molecular formula is C11H9Cl2NS. The second kappa shape index (κ2) is 4.05. The molecule has 0 saturated carbocycles. The number of aryl methyl sites for hydroxylation is 1. The third kappa shape index (κ3) is 2.12. The number of thiophene rings is 1. The maximum Gasteiger partial charge on any atom is 0.0939 e. The molecule has 78 valence electrons. The molecule has 0 aliphatic heterocycles. The van der Waals surface area contributed by atoms with E-state index in [-0.39, 0.29) is 0 Å². The summed E-state index contributed by atoms with van der Waals surface area (Å²) >= 11 is 13.5. The molecule has 0 aliphatic carbocycles. The van der Waals surface area contributed by atoms with E-state index in [4.69, 9.17) is 28.9 Å². The van der Waals surface area contributed by atoms with Crippen molar-refractivity contribution in [3.8, 4) is 11.1 Å². The molecule has 0 saturated heterocycles. The first-order valence-electron chi connectivity index (χ1n) is 4.39. The lowest BCUT2D eigenvalue weighted by molar-refractivity contribution is 1.61. The number of hydrogen-bond donors (Lipinski definition) is 1. The molecule has 0 spiro atoms. The molecule has 2 N–H and O–H groups in total. The van der Waals surface area contributed by atoms with Crippen molar-refractivity contribution in [1.82, 2.24) is 0 Å². The van der Waals surface area contributed by atoms with Crippen molar-refractivity contribution in [2.24, 2.45) is 0 Å². The minimum absolute atomic E-state index is 0.631. The number of rotatable bonds is 1. The van der Waals surface area contributed by atoms with E-state index in [2.05, 4.69) is 0 Å². The normalized spacial score (nSPS) is 10.6. The van der Waals surface area contributed by atoms with Crippen molar-refractivity contribution >= 4 is 39.5 Å². The zero-order chi connectivity index (χ0) is 11.0. The average molecular weight is 258 g/mol. The number of benzene rings is 1. The van der Waals surface area contributed by atoms with E-state index in [0.29, 0.717) is 10.0 Å². The molecule has 1 nitrogen and oxygen atoms in total. The molecule has 0 fully saturated rings. The van der Waals surface area contributed by atoms with Crippen molar-refractivity contribution in [3.05, 3.63) is 39.2 Å². The molecule has 2 rings (SSSR count). The summed E-state index contributed by atoms with van der Waals surface area (Å²) in [5.41, 5.74) is 7.83. The van der Waals surface area contributed by atoms with Crippen LogP contribution in [0.5, 0.6) is 0 Å². The van der Waals surface area contributed by atoms with Crippen LogP contribution in [0, 0.1) is 6.92 Å². The average Bonchev–Trinajstić information content (AvgIpc) is 2.45. The molecule has 0 bridgehead atoms. The monoisotopic (exact) mass is 257 g/mol. The number of nitrogens with two attached hydrogens (primary N) is 1. The molecule has 0 amide bonds. The molecular weight excluding hydrogens is 249 g/mol. The Morgan fingerprint density at radius 2 is 1.87 bits per heavy atom. The second-order valence-corrected chi connectivity index (χ2v) is 5.39. The summed E-state index contributed by atoms with van der Waals surface area (Å²) in [5, 5.41) is 2.05. The summed E-state index contributed by atoms with van der Waals surface area (Å²) in [6.07, 6.45) is 0. The molecule has 0 radical (unpaired) electrons. The van der Waals surface area contributed by atoms with Crippen molar-refractivity contribution in [2.75, 3.05) is 5.73 Å². The number of anilines is 1. The van der Waals surface area contributed by atoms with Crippen LogP contribution in [0.2, 0.25) is 10.0 Å². The predicted molar refractivity (Wildman–Crippen MR) is 68.9 cm³/mol. The Balaban J connectivity index is 2.59. The van der Waals surface area contributed by atoms with E-state index < -0.39 is 0 Å². The Kier molecular flexibility index (Phi) is 2.91. The van der Waals surface area contributed by atoms with Gasteiger partial charge in [0.2, 0.25) is 0 Å². The van der Waals surface area contributed by atoms with Crippen molar-refractivity contribution in [2.45, 2.75) is 6.92 Å². The van der Waals surface area contributed by atoms with Crippen LogP contribution in [0.4, 0.5) is 5.00 Å². The van der Waals surface area contributed by atoms with Crippen molar-refractivity contribution < 1.29 is 0 Å². The Morgan fingerprint density at radius 1 is 1.13 bits per heavy atom. The molecule has 2 aromatic rings. The third-order valence-corrected chi connectivity index (χ3v) is 3.53. The maximum atomic E-state index is 6.11. The fourth-order valence-electron chi connectivity index (χ4n) is 1.45. The molecule has 1 aromatic heterocycles. The van der Waals surface area contributed by atoms with Crippen LogP contribution in [-0.2, 0) is 0 Å². The predicted octanol–water partition coefficient (Wildman–Crippen LogP) is 4.61. The minimum atomic E-state index is 0.631. The lowest BCUT2D eigenvalue weighted by Gasteiger charge is -2.03. The molecule has 0 atom stereocenters. The van der Waals surface area contributed by atoms with E-state index >= 15 is 0 Å². The van der Waals surface area contributed by atoms with Gasteiger partial charge < -0.3 is 5.73 Å². The zero-order valence-corrected chi connectivity index (χ0v) is 10.4. The highest BCUT2D eigenvalue weighted by atomic mass is 35.5. The lowest BCUT2D eigenvalue weighted by atomic mass is 10.1. The highest BCUT2D eigenvalue weighted by molar-refractivity contribution is 7.16. The summed E-state index contributed by atoms with van der Waals surface area (Å²) < 4.78 is 0. The van der Waals surface area contributed by atoms with E-state index in [1.54, 1.807) is 17.4 Å². The molecule has 0 unspecified atom stereocenters. The first-order chi connectivity index (χ1) is 7.08. The van der Waals surface area contributed by atoms with Gasteiger partial charge in [0.05, 0.1) is 5.00 Å². The van der Waals surface area contributed by atoms with Crippen LogP contribution < -0.4 is 5.73 Å². The number of hydrogen-bond acceptors (Lipinski definition) is 2. The molecule has 0 aliphatic rings. The van der Waals surface area contributed by atoms with Gasteiger partial charge in [0.1, 0.15) is 0 Å². The largest absolute Gasteiger partial charge is 0.390 e. The van der Waals surface area contributed by atoms with Crippen molar-refractivity contribution in [1.29, 1.82) is 0 Å². The van der Waals surface area contributed by atoms with E-state index in [1.165, 1.54) is 4.88 Å². The minimum Gasteiger partial charge on any atom is -0.390 e. The van der Waals surface area contributed by atoms with Gasteiger partial charge in [-0.25, -0.2) is 0 Å². The van der Waals surface area contributed by atoms with Crippen LogP contribution in [0.3, 0.4) is 0 Å². The van der Waals surface area contributed by atoms with E-state index in [9.17, 15) is 0 Å². The van der Waals surface area contributed by atoms with E-state index in [0.717, 1.165) is 16.1 Å². The topological polar surface area (TPSA) is 26.0 Å². The van der Waals surface area contributed by atoms with Gasteiger partial charge in [-0.05, 0) is 25.1 Å². The first-order valence-corrected chi connectivity index (χ1v) is 5.96. The standard InChI is InChI=1S/C11H9Cl2NS/c1-6-4-9(11(14)15-6)8-3-2-7(12)5-10(8)13/h2-5H,14H2,1H3. The fraction of sp³-hybridized carbons (Fsp3) is 0.0909. The first kappa shape index (κ1) is 10.8. The van der Waals surface area contributed by atoms with Gasteiger partial charge in [-0.2, -0.15) is 0 Å². The van der Waals surface area contributed by atoms with E-state index in [1.807, 2.05) is 25.1 Å². The summed E-state index contributed by atoms with van der Waals surface area (Å²) in [5.74, 6) is 0. The number of nitrogen functional groups attached to an aromatic ring is 1. The molecule has 1 heterocycles. The van der Waals surface area contributed by atoms with Gasteiger partial charge in [0.25, 0.3) is 0 Å². The summed E-state index contributed by atoms with van der Waals surface area (Å²) in [6.45, 7) is 2.02. The summed E-state index contributed by atoms with van der Waals surface area (Å²) in [7, 11) is 0. The fourth-order valence-corrected chi connectivity index (χ4v) is 2.76. The second-order valence-electron chi connectivity index (χ2n) is 3.26. The molecule has 4 heteroatoms. The Morgan fingerprint density at radius 3 is 2.40 bits per heavy atom. The SMILES string of the molecule is Cc1cc(-c2ccc(Cl)cc2Cl)c(N)s1. The number of halogens is 2. The van der Waals surface area contributed by atoms with Gasteiger partial charge in [0.15, 0.2) is 0 Å². The van der Waals surface area contributed by atoms with Gasteiger partial charge in [-0.15, -0.1) is 11.3 Å². The molecule has 1 aromatic carbocycles. The van der Waals surface area contributed by atoms with Crippen LogP contribution in [0.1, 0.15) is 4.88 Å². The van der Waals surface area contributed by atoms with Gasteiger partial charge in [0, 0.05) is 26.0 Å². The summed E-state index contributed by atoms with van der Waals surface area (Å²) in [6, 6.07) is 7.47. The van der Waals surface area contributed by atoms with Crippen LogP contribution in [0.15, 0.2) is 24.3 Å². The van der Waals surface area contributed by atoms with Crippen LogP contribution >= 0.6 is 34.5 Å². The Hall–Kier alpha value is -0.700. The Bertz CT molecular complexity index is 505. The highest BCUT2D eigenvalue weighted by Crippen LogP contribution is 2.38. The van der Waals surface area contributed by atoms with Crippen LogP contribution in [-0.4, -0.2) is 0 Å². The van der Waals surface area contributed by atoms with Gasteiger partial charge >= 0.3 is 0 Å². The summed E-state index contributed by atoms with van der Waals surface area (Å²) in [4.78, 5) is 1.17. The maximum absolute atomic E-state index is 6.11. The Labute approximate surface area is 102 Å². The van der Waals surface area contributed by atoms with Gasteiger partial charge in [-0.1, -0.05) is 29.3 Å². The van der Waals surface area contributed by atoms with Crippen LogP contribution in [0.25, 0.3) is 11.1 Å². The molecule has 15 heavy (non-hydrogen) atoms. The van der Waals surface area contributed by atoms with Gasteiger partial charge in [-0.3, -0.25) is 0 Å². The smallest absolute Gasteiger partial charge is 0.0939 e. The third-order valence-electron chi connectivity index (χ3n) is 2.11. The highest BCUT2D eigenvalue weighted by Gasteiger charge is 2.09.